The Bertz CT molecular complexity index is 584. The van der Waals surface area contributed by atoms with E-state index in [0.29, 0.717) is 6.04 Å². The molecule has 0 radical (unpaired) electrons. The maximum atomic E-state index is 4.60. The zero-order valence-electron chi connectivity index (χ0n) is 12.1. The topological polar surface area (TPSA) is 55.6 Å². The highest BCUT2D eigenvalue weighted by molar-refractivity contribution is 5.31. The van der Waals surface area contributed by atoms with Gasteiger partial charge in [-0.25, -0.2) is 15.0 Å². The second-order valence-corrected chi connectivity index (χ2v) is 5.55. The third-order valence-corrected chi connectivity index (χ3v) is 3.75. The molecule has 5 nitrogen and oxygen atoms in total. The summed E-state index contributed by atoms with van der Waals surface area (Å²) in [4.78, 5) is 13.2. The Kier molecular flexibility index (Phi) is 3.67. The van der Waals surface area contributed by atoms with Crippen molar-refractivity contribution in [1.82, 2.24) is 19.5 Å². The van der Waals surface area contributed by atoms with Gasteiger partial charge >= 0.3 is 0 Å². The molecule has 3 rings (SSSR count). The normalized spacial score (nSPS) is 15.7. The second-order valence-electron chi connectivity index (χ2n) is 5.55. The average Bonchev–Trinajstić information content (AvgIpc) is 3.01. The first-order valence-electron chi connectivity index (χ1n) is 7.29. The summed E-state index contributed by atoms with van der Waals surface area (Å²) in [6.07, 6.45) is 9.03. The average molecular weight is 271 g/mol. The molecule has 0 spiro atoms. The molecule has 1 aliphatic rings. The van der Waals surface area contributed by atoms with E-state index in [2.05, 4.69) is 31.0 Å². The maximum Gasteiger partial charge on any atom is 0.203 e. The van der Waals surface area contributed by atoms with Crippen LogP contribution < -0.4 is 5.32 Å². The maximum absolute atomic E-state index is 4.60. The lowest BCUT2D eigenvalue weighted by Crippen LogP contribution is -2.18. The zero-order valence-corrected chi connectivity index (χ0v) is 12.1. The van der Waals surface area contributed by atoms with E-state index in [0.717, 1.165) is 29.7 Å². The summed E-state index contributed by atoms with van der Waals surface area (Å²) in [7, 11) is 0. The Balaban J connectivity index is 1.78. The van der Waals surface area contributed by atoms with Crippen molar-refractivity contribution in [3.05, 3.63) is 35.7 Å². The van der Waals surface area contributed by atoms with Gasteiger partial charge in [-0.2, -0.15) is 0 Å². The van der Waals surface area contributed by atoms with Gasteiger partial charge in [0.15, 0.2) is 0 Å². The van der Waals surface area contributed by atoms with Crippen molar-refractivity contribution in [3.63, 3.8) is 0 Å². The van der Waals surface area contributed by atoms with Crippen LogP contribution in [0.25, 0.3) is 0 Å². The summed E-state index contributed by atoms with van der Waals surface area (Å²) in [6, 6.07) is 2.53. The molecule has 2 heterocycles. The van der Waals surface area contributed by atoms with E-state index < -0.39 is 0 Å². The number of nitrogens with zero attached hydrogens (tertiary/aromatic N) is 4. The van der Waals surface area contributed by atoms with Crippen LogP contribution in [0.1, 0.15) is 42.9 Å². The highest BCUT2D eigenvalue weighted by atomic mass is 15.2. The largest absolute Gasteiger partial charge is 0.353 e. The molecule has 1 N–H and O–H groups in total. The highest BCUT2D eigenvalue weighted by Gasteiger charge is 2.17. The Labute approximate surface area is 119 Å². The van der Waals surface area contributed by atoms with Crippen molar-refractivity contribution in [2.75, 3.05) is 5.32 Å². The van der Waals surface area contributed by atoms with Crippen LogP contribution in [0.15, 0.2) is 18.5 Å². The molecule has 0 unspecified atom stereocenters. The molecule has 0 amide bonds. The van der Waals surface area contributed by atoms with Crippen LogP contribution in [0.3, 0.4) is 0 Å². The first kappa shape index (κ1) is 13.1. The third kappa shape index (κ3) is 2.98. The molecule has 5 heteroatoms. The van der Waals surface area contributed by atoms with Gasteiger partial charge < -0.3 is 9.88 Å². The molecule has 2 aromatic heterocycles. The number of aryl methyl sites for hydroxylation is 2. The Hall–Kier alpha value is -1.91. The van der Waals surface area contributed by atoms with E-state index in [4.69, 9.17) is 0 Å². The van der Waals surface area contributed by atoms with Gasteiger partial charge in [-0.15, -0.1) is 0 Å². The van der Waals surface area contributed by atoms with E-state index >= 15 is 0 Å². The summed E-state index contributed by atoms with van der Waals surface area (Å²) in [6.45, 7) is 4.68. The molecule has 1 saturated carbocycles. The number of hydrogen-bond donors (Lipinski definition) is 1. The van der Waals surface area contributed by atoms with Crippen molar-refractivity contribution in [3.8, 4) is 0 Å². The fourth-order valence-corrected chi connectivity index (χ4v) is 2.80. The minimum absolute atomic E-state index is 0.572. The smallest absolute Gasteiger partial charge is 0.203 e. The molecule has 20 heavy (non-hydrogen) atoms. The van der Waals surface area contributed by atoms with E-state index in [1.165, 1.54) is 25.7 Å². The highest BCUT2D eigenvalue weighted by Crippen LogP contribution is 2.22. The molecule has 0 aromatic carbocycles. The molecule has 0 saturated heterocycles. The van der Waals surface area contributed by atoms with Crippen LogP contribution in [0.2, 0.25) is 0 Å². The Morgan fingerprint density at radius 3 is 2.80 bits per heavy atom. The minimum Gasteiger partial charge on any atom is -0.353 e. The number of imidazole rings is 1. The molecule has 1 fully saturated rings. The molecular formula is C15H21N5. The van der Waals surface area contributed by atoms with Gasteiger partial charge in [0.05, 0.1) is 17.9 Å². The van der Waals surface area contributed by atoms with Crippen LogP contribution in [0.5, 0.6) is 0 Å². The van der Waals surface area contributed by atoms with Crippen molar-refractivity contribution in [2.45, 2.75) is 52.1 Å². The number of anilines is 1. The van der Waals surface area contributed by atoms with E-state index in [9.17, 15) is 0 Å². The quantitative estimate of drug-likeness (QED) is 0.929. The van der Waals surface area contributed by atoms with Crippen LogP contribution in [-0.2, 0) is 6.54 Å². The molecule has 0 aliphatic heterocycles. The van der Waals surface area contributed by atoms with Gasteiger partial charge in [-0.05, 0) is 32.8 Å². The monoisotopic (exact) mass is 271 g/mol. The summed E-state index contributed by atoms with van der Waals surface area (Å²) < 4.78 is 2.15. The van der Waals surface area contributed by atoms with Crippen molar-refractivity contribution in [1.29, 1.82) is 0 Å². The van der Waals surface area contributed by atoms with Gasteiger partial charge in [0.2, 0.25) is 5.95 Å². The zero-order chi connectivity index (χ0) is 13.9. The van der Waals surface area contributed by atoms with E-state index in [-0.39, 0.29) is 0 Å². The molecule has 0 atom stereocenters. The Morgan fingerprint density at radius 2 is 2.05 bits per heavy atom. The molecule has 2 aromatic rings. The lowest BCUT2D eigenvalue weighted by atomic mass is 10.2. The van der Waals surface area contributed by atoms with Gasteiger partial charge in [-0.1, -0.05) is 12.8 Å². The van der Waals surface area contributed by atoms with E-state index in [1.54, 1.807) is 0 Å². The summed E-state index contributed by atoms with van der Waals surface area (Å²) in [5, 5.41) is 3.57. The summed E-state index contributed by atoms with van der Waals surface area (Å²) in [5.41, 5.74) is 2.06. The van der Waals surface area contributed by atoms with Crippen molar-refractivity contribution >= 4 is 5.95 Å². The van der Waals surface area contributed by atoms with Crippen LogP contribution in [-0.4, -0.2) is 25.6 Å². The van der Waals surface area contributed by atoms with E-state index in [1.807, 2.05) is 26.1 Å². The standard InChI is InChI=1S/C15H21N5/c1-11-9-20(10-14-7-8-16-12(2)18-14)15(17-11)19-13-5-3-4-6-13/h7-9,13H,3-6,10H2,1-2H3,(H,17,19). The molecular weight excluding hydrogens is 250 g/mol. The van der Waals surface area contributed by atoms with Crippen LogP contribution >= 0.6 is 0 Å². The van der Waals surface area contributed by atoms with Crippen LogP contribution in [0.4, 0.5) is 5.95 Å². The van der Waals surface area contributed by atoms with Crippen molar-refractivity contribution in [2.24, 2.45) is 0 Å². The lowest BCUT2D eigenvalue weighted by molar-refractivity contribution is 0.708. The van der Waals surface area contributed by atoms with Gasteiger partial charge in [0.1, 0.15) is 5.82 Å². The predicted octanol–water partition coefficient (Wildman–Crippen LogP) is 2.69. The Morgan fingerprint density at radius 1 is 1.25 bits per heavy atom. The predicted molar refractivity (Wildman–Crippen MR) is 78.7 cm³/mol. The number of hydrogen-bond acceptors (Lipinski definition) is 4. The number of aromatic nitrogens is 4. The minimum atomic E-state index is 0.572. The molecule has 0 bridgehead atoms. The molecule has 1 aliphatic carbocycles. The first-order chi connectivity index (χ1) is 9.70. The van der Waals surface area contributed by atoms with Gasteiger partial charge in [0.25, 0.3) is 0 Å². The van der Waals surface area contributed by atoms with Crippen molar-refractivity contribution < 1.29 is 0 Å². The fraction of sp³-hybridized carbons (Fsp3) is 0.533. The second kappa shape index (κ2) is 5.61. The van der Waals surface area contributed by atoms with Crippen LogP contribution in [0, 0.1) is 13.8 Å². The summed E-state index contributed by atoms with van der Waals surface area (Å²) >= 11 is 0. The molecule has 106 valence electrons. The number of rotatable bonds is 4. The summed E-state index contributed by atoms with van der Waals surface area (Å²) in [5.74, 6) is 1.77. The third-order valence-electron chi connectivity index (χ3n) is 3.75. The van der Waals surface area contributed by atoms with Gasteiger partial charge in [0, 0.05) is 18.4 Å². The fourth-order valence-electron chi connectivity index (χ4n) is 2.80. The number of nitrogens with one attached hydrogen (secondary N) is 1. The first-order valence-corrected chi connectivity index (χ1v) is 7.29. The SMILES string of the molecule is Cc1cn(Cc2ccnc(C)n2)c(NC2CCCC2)n1. The lowest BCUT2D eigenvalue weighted by Gasteiger charge is -2.14. The van der Waals surface area contributed by atoms with Gasteiger partial charge in [-0.3, -0.25) is 0 Å².